The van der Waals surface area contributed by atoms with E-state index in [2.05, 4.69) is 5.10 Å². The van der Waals surface area contributed by atoms with Gasteiger partial charge in [-0.3, -0.25) is 14.7 Å². The third kappa shape index (κ3) is 1.89. The van der Waals surface area contributed by atoms with Crippen LogP contribution >= 0.6 is 0 Å². The fourth-order valence-electron chi connectivity index (χ4n) is 2.03. The summed E-state index contributed by atoms with van der Waals surface area (Å²) in [7, 11) is 0. The summed E-state index contributed by atoms with van der Waals surface area (Å²) in [5, 5.41) is 11.7. The Morgan fingerprint density at radius 3 is 2.75 bits per heavy atom. The van der Waals surface area contributed by atoms with Gasteiger partial charge in [-0.2, -0.15) is 0 Å². The van der Waals surface area contributed by atoms with Gasteiger partial charge in [0, 0.05) is 17.7 Å². The lowest BCUT2D eigenvalue weighted by molar-refractivity contribution is -0.136. The minimum Gasteiger partial charge on any atom is -0.481 e. The Morgan fingerprint density at radius 2 is 2.25 bits per heavy atom. The summed E-state index contributed by atoms with van der Waals surface area (Å²) >= 11 is 0. The molecule has 0 radical (unpaired) electrons. The molecule has 1 aromatic rings. The summed E-state index contributed by atoms with van der Waals surface area (Å²) in [5.41, 5.74) is 1.39. The number of carboxylic acid groups (broad SMARTS) is 1. The van der Waals surface area contributed by atoms with Gasteiger partial charge in [-0.25, -0.2) is 4.68 Å². The predicted octanol–water partition coefficient (Wildman–Crippen LogP) is 1.23. The summed E-state index contributed by atoms with van der Waals surface area (Å²) < 4.78 is 1.66. The molecular formula is C11H16N2O3. The third-order valence-corrected chi connectivity index (χ3v) is 3.25. The van der Waals surface area contributed by atoms with E-state index < -0.39 is 5.97 Å². The van der Waals surface area contributed by atoms with Crippen LogP contribution in [-0.2, 0) is 11.2 Å². The lowest BCUT2D eigenvalue weighted by Gasteiger charge is -2.25. The topological polar surface area (TPSA) is 75.1 Å². The molecule has 0 aromatic carbocycles. The van der Waals surface area contributed by atoms with Crippen LogP contribution < -0.4 is 5.56 Å². The molecule has 5 heteroatoms. The molecular weight excluding hydrogens is 208 g/mol. The zero-order chi connectivity index (χ0) is 11.7. The Labute approximate surface area is 93.1 Å². The van der Waals surface area contributed by atoms with Crippen LogP contribution in [0.15, 0.2) is 4.79 Å². The Morgan fingerprint density at radius 1 is 1.56 bits per heavy atom. The summed E-state index contributed by atoms with van der Waals surface area (Å²) in [6.07, 6.45) is 3.57. The number of rotatable bonds is 4. The summed E-state index contributed by atoms with van der Waals surface area (Å²) in [5.74, 6) is -0.866. The van der Waals surface area contributed by atoms with Crippen molar-refractivity contribution in [2.24, 2.45) is 0 Å². The van der Waals surface area contributed by atoms with E-state index in [9.17, 15) is 9.59 Å². The van der Waals surface area contributed by atoms with E-state index in [0.717, 1.165) is 18.5 Å². The minimum atomic E-state index is -0.866. The number of nitrogens with zero attached hydrogens (tertiary/aromatic N) is 1. The molecule has 0 atom stereocenters. The standard InChI is InChI=1S/C11H16N2O3/c1-7-9(5-6-10(14)15)11(16)13(12-7)8-3-2-4-8/h8,12H,2-6H2,1H3,(H,14,15). The molecule has 5 nitrogen and oxygen atoms in total. The fraction of sp³-hybridized carbons (Fsp3) is 0.636. The summed E-state index contributed by atoms with van der Waals surface area (Å²) in [4.78, 5) is 22.5. The average Bonchev–Trinajstić information content (AvgIpc) is 2.37. The molecule has 1 saturated carbocycles. The van der Waals surface area contributed by atoms with Crippen LogP contribution in [0.3, 0.4) is 0 Å². The van der Waals surface area contributed by atoms with Crippen LogP contribution in [-0.4, -0.2) is 20.9 Å². The number of hydrogen-bond donors (Lipinski definition) is 2. The van der Waals surface area contributed by atoms with Crippen molar-refractivity contribution in [1.82, 2.24) is 9.78 Å². The molecule has 2 rings (SSSR count). The minimum absolute atomic E-state index is 0.0125. The van der Waals surface area contributed by atoms with Crippen molar-refractivity contribution < 1.29 is 9.90 Å². The summed E-state index contributed by atoms with van der Waals surface area (Å²) in [6, 6.07) is 0.296. The molecule has 1 fully saturated rings. The normalized spacial score (nSPS) is 16.1. The molecule has 0 amide bonds. The molecule has 16 heavy (non-hydrogen) atoms. The highest BCUT2D eigenvalue weighted by Gasteiger charge is 2.23. The Bertz CT molecular complexity index is 454. The molecule has 1 aromatic heterocycles. The molecule has 2 N–H and O–H groups in total. The van der Waals surface area contributed by atoms with Gasteiger partial charge in [0.05, 0.1) is 6.04 Å². The first-order chi connectivity index (χ1) is 7.59. The van der Waals surface area contributed by atoms with Crippen molar-refractivity contribution in [3.05, 3.63) is 21.6 Å². The van der Waals surface area contributed by atoms with Crippen LogP contribution in [0.5, 0.6) is 0 Å². The van der Waals surface area contributed by atoms with Gasteiger partial charge in [-0.15, -0.1) is 0 Å². The smallest absolute Gasteiger partial charge is 0.303 e. The highest BCUT2D eigenvalue weighted by molar-refractivity contribution is 5.67. The van der Waals surface area contributed by atoms with E-state index in [-0.39, 0.29) is 12.0 Å². The van der Waals surface area contributed by atoms with Crippen LogP contribution in [0.25, 0.3) is 0 Å². The average molecular weight is 224 g/mol. The Hall–Kier alpha value is -1.52. The quantitative estimate of drug-likeness (QED) is 0.807. The van der Waals surface area contributed by atoms with Gasteiger partial charge in [0.15, 0.2) is 0 Å². The number of aromatic amines is 1. The van der Waals surface area contributed by atoms with E-state index >= 15 is 0 Å². The Balaban J connectivity index is 2.21. The van der Waals surface area contributed by atoms with E-state index in [1.165, 1.54) is 6.42 Å². The van der Waals surface area contributed by atoms with Gasteiger partial charge in [0.1, 0.15) is 0 Å². The number of aliphatic carboxylic acids is 1. The lowest BCUT2D eigenvalue weighted by atomic mass is 9.93. The van der Waals surface area contributed by atoms with Crippen molar-refractivity contribution in [2.45, 2.75) is 45.1 Å². The van der Waals surface area contributed by atoms with Crippen molar-refractivity contribution in [1.29, 1.82) is 0 Å². The first-order valence-electron chi connectivity index (χ1n) is 5.61. The molecule has 0 bridgehead atoms. The highest BCUT2D eigenvalue weighted by atomic mass is 16.4. The van der Waals surface area contributed by atoms with Crippen molar-refractivity contribution >= 4 is 5.97 Å². The molecule has 0 spiro atoms. The third-order valence-electron chi connectivity index (χ3n) is 3.25. The van der Waals surface area contributed by atoms with Crippen LogP contribution in [0.1, 0.15) is 43.0 Å². The number of carboxylic acids is 1. The maximum atomic E-state index is 12.0. The van der Waals surface area contributed by atoms with Gasteiger partial charge in [0.2, 0.25) is 0 Å². The first kappa shape index (κ1) is 11.0. The second kappa shape index (κ2) is 4.15. The summed E-state index contributed by atoms with van der Waals surface area (Å²) in [6.45, 7) is 1.83. The Kier molecular flexibility index (Phi) is 2.85. The van der Waals surface area contributed by atoms with Gasteiger partial charge >= 0.3 is 5.97 Å². The molecule has 1 heterocycles. The molecule has 1 aliphatic rings. The first-order valence-corrected chi connectivity index (χ1v) is 5.61. The second-order valence-electron chi connectivity index (χ2n) is 4.37. The van der Waals surface area contributed by atoms with Gasteiger partial charge in [0.25, 0.3) is 5.56 Å². The largest absolute Gasteiger partial charge is 0.481 e. The number of aromatic nitrogens is 2. The van der Waals surface area contributed by atoms with Crippen LogP contribution in [0.4, 0.5) is 0 Å². The molecule has 0 unspecified atom stereocenters. The van der Waals surface area contributed by atoms with Crippen LogP contribution in [0, 0.1) is 6.92 Å². The van der Waals surface area contributed by atoms with Crippen molar-refractivity contribution in [3.63, 3.8) is 0 Å². The maximum Gasteiger partial charge on any atom is 0.303 e. The second-order valence-corrected chi connectivity index (χ2v) is 4.37. The zero-order valence-corrected chi connectivity index (χ0v) is 9.32. The lowest BCUT2D eigenvalue weighted by Crippen LogP contribution is -2.28. The highest BCUT2D eigenvalue weighted by Crippen LogP contribution is 2.29. The number of H-pyrrole nitrogens is 1. The van der Waals surface area contributed by atoms with E-state index in [1.54, 1.807) is 4.68 Å². The van der Waals surface area contributed by atoms with Gasteiger partial charge in [-0.1, -0.05) is 0 Å². The van der Waals surface area contributed by atoms with E-state index in [1.807, 2.05) is 6.92 Å². The van der Waals surface area contributed by atoms with E-state index in [0.29, 0.717) is 18.0 Å². The number of hydrogen-bond acceptors (Lipinski definition) is 2. The van der Waals surface area contributed by atoms with E-state index in [4.69, 9.17) is 5.11 Å². The zero-order valence-electron chi connectivity index (χ0n) is 9.32. The van der Waals surface area contributed by atoms with Crippen molar-refractivity contribution in [2.75, 3.05) is 0 Å². The SMILES string of the molecule is Cc1[nH]n(C2CCC2)c(=O)c1CCC(=O)O. The molecule has 1 aliphatic carbocycles. The number of carbonyl (C=O) groups is 1. The van der Waals surface area contributed by atoms with Gasteiger partial charge < -0.3 is 5.11 Å². The van der Waals surface area contributed by atoms with Crippen molar-refractivity contribution in [3.8, 4) is 0 Å². The fourth-order valence-corrected chi connectivity index (χ4v) is 2.03. The number of nitrogens with one attached hydrogen (secondary N) is 1. The monoisotopic (exact) mass is 224 g/mol. The molecule has 0 saturated heterocycles. The predicted molar refractivity (Wildman–Crippen MR) is 58.6 cm³/mol. The maximum absolute atomic E-state index is 12.0. The van der Waals surface area contributed by atoms with Crippen LogP contribution in [0.2, 0.25) is 0 Å². The molecule has 88 valence electrons. The van der Waals surface area contributed by atoms with Gasteiger partial charge in [-0.05, 0) is 32.6 Å². The number of aryl methyl sites for hydroxylation is 1. The molecule has 0 aliphatic heterocycles.